The van der Waals surface area contributed by atoms with E-state index in [1.54, 1.807) is 4.90 Å². The van der Waals surface area contributed by atoms with Gasteiger partial charge in [0.25, 0.3) is 0 Å². The summed E-state index contributed by atoms with van der Waals surface area (Å²) in [6.07, 6.45) is 0.637. The summed E-state index contributed by atoms with van der Waals surface area (Å²) >= 11 is 0. The SMILES string of the molecule is CC(C)(C)OC(=O)N1CCc2ccc(C#C[Si](C)(C)C)cc2C1. The van der Waals surface area contributed by atoms with Crippen LogP contribution in [0.5, 0.6) is 0 Å². The first kappa shape index (κ1) is 17.6. The van der Waals surface area contributed by atoms with Crippen molar-refractivity contribution in [3.63, 3.8) is 0 Å². The molecular formula is C19H27NO2Si. The summed E-state index contributed by atoms with van der Waals surface area (Å²) in [6, 6.07) is 6.37. The molecule has 4 heteroatoms. The number of amides is 1. The van der Waals surface area contributed by atoms with E-state index in [1.807, 2.05) is 20.8 Å². The van der Waals surface area contributed by atoms with Crippen molar-refractivity contribution in [2.45, 2.75) is 59.0 Å². The summed E-state index contributed by atoms with van der Waals surface area (Å²) in [5.41, 5.74) is 6.47. The second-order valence-electron chi connectivity index (χ2n) is 8.14. The Balaban J connectivity index is 2.16. The van der Waals surface area contributed by atoms with Crippen molar-refractivity contribution < 1.29 is 9.53 Å². The van der Waals surface area contributed by atoms with Gasteiger partial charge in [0.1, 0.15) is 13.7 Å². The smallest absolute Gasteiger partial charge is 0.410 e. The molecule has 1 heterocycles. The van der Waals surface area contributed by atoms with Gasteiger partial charge in [-0.2, -0.15) is 0 Å². The highest BCUT2D eigenvalue weighted by Gasteiger charge is 2.25. The van der Waals surface area contributed by atoms with Crippen LogP contribution in [0.2, 0.25) is 19.6 Å². The van der Waals surface area contributed by atoms with Crippen molar-refractivity contribution in [1.29, 1.82) is 0 Å². The fourth-order valence-corrected chi connectivity index (χ4v) is 2.90. The van der Waals surface area contributed by atoms with Crippen LogP contribution in [0.25, 0.3) is 0 Å². The number of rotatable bonds is 0. The van der Waals surface area contributed by atoms with Crippen LogP contribution in [0.1, 0.15) is 37.5 Å². The molecule has 0 fully saturated rings. The third-order valence-electron chi connectivity index (χ3n) is 3.45. The van der Waals surface area contributed by atoms with Crippen LogP contribution in [0, 0.1) is 11.5 Å². The van der Waals surface area contributed by atoms with Crippen molar-refractivity contribution in [3.05, 3.63) is 34.9 Å². The minimum Gasteiger partial charge on any atom is -0.444 e. The molecule has 124 valence electrons. The molecule has 0 N–H and O–H groups in total. The lowest BCUT2D eigenvalue weighted by Gasteiger charge is -2.31. The monoisotopic (exact) mass is 329 g/mol. The van der Waals surface area contributed by atoms with Crippen LogP contribution in [-0.4, -0.2) is 31.2 Å². The summed E-state index contributed by atoms with van der Waals surface area (Å²) in [5, 5.41) is 0. The Bertz CT molecular complexity index is 657. The topological polar surface area (TPSA) is 29.5 Å². The summed E-state index contributed by atoms with van der Waals surface area (Å²) in [6.45, 7) is 13.7. The summed E-state index contributed by atoms with van der Waals surface area (Å²) in [5.74, 6) is 3.29. The maximum atomic E-state index is 12.2. The normalized spacial score (nSPS) is 14.6. The molecule has 0 atom stereocenters. The number of fused-ring (bicyclic) bond motifs is 1. The summed E-state index contributed by atoms with van der Waals surface area (Å²) in [4.78, 5) is 14.0. The largest absolute Gasteiger partial charge is 0.444 e. The van der Waals surface area contributed by atoms with Gasteiger partial charge in [0.05, 0.1) is 0 Å². The maximum absolute atomic E-state index is 12.2. The highest BCUT2D eigenvalue weighted by atomic mass is 28.3. The third kappa shape index (κ3) is 5.44. The van der Waals surface area contributed by atoms with Crippen molar-refractivity contribution in [2.75, 3.05) is 6.54 Å². The van der Waals surface area contributed by atoms with E-state index in [4.69, 9.17) is 4.74 Å². The Morgan fingerprint density at radius 2 is 1.91 bits per heavy atom. The molecule has 1 aromatic carbocycles. The van der Waals surface area contributed by atoms with E-state index in [1.165, 1.54) is 11.1 Å². The molecular weight excluding hydrogens is 302 g/mol. The Morgan fingerprint density at radius 3 is 2.52 bits per heavy atom. The molecule has 1 aliphatic heterocycles. The average molecular weight is 330 g/mol. The number of nitrogens with zero attached hydrogens (tertiary/aromatic N) is 1. The molecule has 0 aliphatic carbocycles. The number of carbonyl (C=O) groups excluding carboxylic acids is 1. The first-order valence-corrected chi connectivity index (χ1v) is 11.7. The number of ether oxygens (including phenoxy) is 1. The number of hydrogen-bond acceptors (Lipinski definition) is 2. The van der Waals surface area contributed by atoms with E-state index < -0.39 is 13.7 Å². The van der Waals surface area contributed by atoms with Gasteiger partial charge in [-0.05, 0) is 50.5 Å². The van der Waals surface area contributed by atoms with E-state index in [9.17, 15) is 4.79 Å². The van der Waals surface area contributed by atoms with E-state index in [-0.39, 0.29) is 6.09 Å². The van der Waals surface area contributed by atoms with Gasteiger partial charge in [-0.15, -0.1) is 5.54 Å². The number of hydrogen-bond donors (Lipinski definition) is 0. The van der Waals surface area contributed by atoms with Gasteiger partial charge in [-0.1, -0.05) is 31.6 Å². The lowest BCUT2D eigenvalue weighted by atomic mass is 9.98. The van der Waals surface area contributed by atoms with Crippen LogP contribution >= 0.6 is 0 Å². The first-order valence-electron chi connectivity index (χ1n) is 8.16. The zero-order chi connectivity index (χ0) is 17.3. The Kier molecular flexibility index (Phi) is 4.91. The van der Waals surface area contributed by atoms with Crippen molar-refractivity contribution >= 4 is 14.2 Å². The van der Waals surface area contributed by atoms with Gasteiger partial charge < -0.3 is 9.64 Å². The van der Waals surface area contributed by atoms with Gasteiger partial charge in [0.2, 0.25) is 0 Å². The lowest BCUT2D eigenvalue weighted by molar-refractivity contribution is 0.0224. The minimum atomic E-state index is -1.38. The van der Waals surface area contributed by atoms with Crippen LogP contribution in [0.4, 0.5) is 4.79 Å². The van der Waals surface area contributed by atoms with Crippen LogP contribution in [-0.2, 0) is 17.7 Å². The van der Waals surface area contributed by atoms with Crippen molar-refractivity contribution in [2.24, 2.45) is 0 Å². The van der Waals surface area contributed by atoms with Crippen LogP contribution < -0.4 is 0 Å². The molecule has 0 saturated heterocycles. The fraction of sp³-hybridized carbons (Fsp3) is 0.526. The minimum absolute atomic E-state index is 0.235. The molecule has 1 amide bonds. The number of benzene rings is 1. The highest BCUT2D eigenvalue weighted by Crippen LogP contribution is 2.22. The van der Waals surface area contributed by atoms with Gasteiger partial charge in [-0.3, -0.25) is 0 Å². The summed E-state index contributed by atoms with van der Waals surface area (Å²) in [7, 11) is -1.38. The second-order valence-corrected chi connectivity index (χ2v) is 12.9. The fourth-order valence-electron chi connectivity index (χ4n) is 2.38. The van der Waals surface area contributed by atoms with E-state index in [0.717, 1.165) is 12.0 Å². The molecule has 2 rings (SSSR count). The molecule has 23 heavy (non-hydrogen) atoms. The second kappa shape index (κ2) is 6.41. The lowest BCUT2D eigenvalue weighted by Crippen LogP contribution is -2.39. The maximum Gasteiger partial charge on any atom is 0.410 e. The zero-order valence-electron chi connectivity index (χ0n) is 15.1. The molecule has 1 aliphatic rings. The highest BCUT2D eigenvalue weighted by molar-refractivity contribution is 6.83. The van der Waals surface area contributed by atoms with Gasteiger partial charge in [0.15, 0.2) is 0 Å². The first-order chi connectivity index (χ1) is 10.5. The zero-order valence-corrected chi connectivity index (χ0v) is 16.1. The van der Waals surface area contributed by atoms with E-state index in [0.29, 0.717) is 13.1 Å². The standard InChI is InChI=1S/C19H27NO2Si/c1-19(2,3)22-18(21)20-11-9-16-8-7-15(13-17(16)14-20)10-12-23(4,5)6/h7-8,13H,9,11,14H2,1-6H3. The average Bonchev–Trinajstić information content (AvgIpc) is 2.41. The number of carbonyl (C=O) groups is 1. The quantitative estimate of drug-likeness (QED) is 0.527. The van der Waals surface area contributed by atoms with E-state index >= 15 is 0 Å². The van der Waals surface area contributed by atoms with Crippen molar-refractivity contribution in [1.82, 2.24) is 4.90 Å². The molecule has 0 spiro atoms. The Labute approximate surface area is 141 Å². The predicted octanol–water partition coefficient (Wildman–Crippen LogP) is 4.21. The molecule has 0 saturated carbocycles. The Hall–Kier alpha value is -1.73. The van der Waals surface area contributed by atoms with Gasteiger partial charge in [0, 0.05) is 18.7 Å². The Morgan fingerprint density at radius 1 is 1.22 bits per heavy atom. The molecule has 1 aromatic rings. The van der Waals surface area contributed by atoms with Gasteiger partial charge >= 0.3 is 6.09 Å². The van der Waals surface area contributed by atoms with E-state index in [2.05, 4.69) is 49.3 Å². The van der Waals surface area contributed by atoms with Gasteiger partial charge in [-0.25, -0.2) is 4.79 Å². The molecule has 0 radical (unpaired) electrons. The van der Waals surface area contributed by atoms with Crippen molar-refractivity contribution in [3.8, 4) is 11.5 Å². The van der Waals surface area contributed by atoms with Crippen LogP contribution in [0.3, 0.4) is 0 Å². The van der Waals surface area contributed by atoms with Crippen LogP contribution in [0.15, 0.2) is 18.2 Å². The summed E-state index contributed by atoms with van der Waals surface area (Å²) < 4.78 is 5.48. The third-order valence-corrected chi connectivity index (χ3v) is 4.33. The molecule has 0 bridgehead atoms. The predicted molar refractivity (Wildman–Crippen MR) is 97.0 cm³/mol. The molecule has 0 aromatic heterocycles. The molecule has 0 unspecified atom stereocenters. The molecule has 3 nitrogen and oxygen atoms in total.